The minimum absolute atomic E-state index is 0.149. The fraction of sp³-hybridized carbons (Fsp3) is 0.625. The molecular formula is C16H23BrO2. The van der Waals surface area contributed by atoms with Crippen molar-refractivity contribution in [3.05, 3.63) is 29.8 Å². The molecule has 2 rings (SSSR count). The molecule has 3 unspecified atom stereocenters. The zero-order valence-electron chi connectivity index (χ0n) is 12.2. The predicted octanol–water partition coefficient (Wildman–Crippen LogP) is 4.30. The summed E-state index contributed by atoms with van der Waals surface area (Å²) in [5.41, 5.74) is 1.45. The van der Waals surface area contributed by atoms with Crippen molar-refractivity contribution in [1.82, 2.24) is 0 Å². The van der Waals surface area contributed by atoms with Crippen molar-refractivity contribution in [2.45, 2.75) is 56.6 Å². The van der Waals surface area contributed by atoms with Crippen molar-refractivity contribution in [3.63, 3.8) is 0 Å². The van der Waals surface area contributed by atoms with Crippen LogP contribution in [0.2, 0.25) is 0 Å². The molecule has 19 heavy (non-hydrogen) atoms. The molecule has 3 heteroatoms. The van der Waals surface area contributed by atoms with E-state index in [9.17, 15) is 0 Å². The average Bonchev–Trinajstić information content (AvgIpc) is 2.35. The van der Waals surface area contributed by atoms with E-state index in [-0.39, 0.29) is 17.6 Å². The standard InChI is InChI=1S/C16H23BrO2/c1-5-18-15-13(17)10-14(15)19-12-8-6-7-11(9-12)16(2,3)4/h6-9,13-15H,5,10H2,1-4H3. The van der Waals surface area contributed by atoms with Gasteiger partial charge in [-0.1, -0.05) is 48.8 Å². The van der Waals surface area contributed by atoms with E-state index in [1.165, 1.54) is 5.56 Å². The van der Waals surface area contributed by atoms with Crippen molar-refractivity contribution in [1.29, 1.82) is 0 Å². The molecule has 1 aromatic carbocycles. The molecule has 0 radical (unpaired) electrons. The molecule has 0 N–H and O–H groups in total. The second-order valence-corrected chi connectivity index (χ2v) is 7.28. The number of halogens is 1. The van der Waals surface area contributed by atoms with Gasteiger partial charge in [-0.3, -0.25) is 0 Å². The molecule has 0 heterocycles. The van der Waals surface area contributed by atoms with Crippen LogP contribution < -0.4 is 4.74 Å². The Labute approximate surface area is 124 Å². The Morgan fingerprint density at radius 1 is 1.32 bits per heavy atom. The second-order valence-electron chi connectivity index (χ2n) is 6.11. The van der Waals surface area contributed by atoms with Crippen LogP contribution in [-0.2, 0) is 10.2 Å². The van der Waals surface area contributed by atoms with Gasteiger partial charge in [0.05, 0.1) is 0 Å². The number of hydrogen-bond donors (Lipinski definition) is 0. The largest absolute Gasteiger partial charge is 0.488 e. The summed E-state index contributed by atoms with van der Waals surface area (Å²) in [5, 5.41) is 0. The third kappa shape index (κ3) is 3.51. The van der Waals surface area contributed by atoms with Crippen LogP contribution in [0, 0.1) is 0 Å². The quantitative estimate of drug-likeness (QED) is 0.768. The number of benzene rings is 1. The van der Waals surface area contributed by atoms with Crippen LogP contribution in [0.5, 0.6) is 5.75 Å². The maximum atomic E-state index is 6.07. The minimum atomic E-state index is 0.149. The van der Waals surface area contributed by atoms with E-state index in [1.54, 1.807) is 0 Å². The summed E-state index contributed by atoms with van der Waals surface area (Å²) in [6.07, 6.45) is 1.34. The van der Waals surface area contributed by atoms with Crippen LogP contribution in [0.25, 0.3) is 0 Å². The summed E-state index contributed by atoms with van der Waals surface area (Å²) in [7, 11) is 0. The first-order chi connectivity index (χ1) is 8.91. The first-order valence-corrected chi connectivity index (χ1v) is 7.86. The van der Waals surface area contributed by atoms with E-state index in [2.05, 4.69) is 54.9 Å². The highest BCUT2D eigenvalue weighted by molar-refractivity contribution is 9.09. The molecule has 1 saturated carbocycles. The van der Waals surface area contributed by atoms with Crippen LogP contribution in [-0.4, -0.2) is 23.6 Å². The van der Waals surface area contributed by atoms with Crippen molar-refractivity contribution < 1.29 is 9.47 Å². The first kappa shape index (κ1) is 14.9. The van der Waals surface area contributed by atoms with E-state index in [0.29, 0.717) is 4.83 Å². The molecule has 0 aliphatic heterocycles. The highest BCUT2D eigenvalue weighted by Gasteiger charge is 2.42. The van der Waals surface area contributed by atoms with Gasteiger partial charge in [-0.15, -0.1) is 0 Å². The topological polar surface area (TPSA) is 18.5 Å². The molecule has 2 nitrogen and oxygen atoms in total. The van der Waals surface area contributed by atoms with Gasteiger partial charge in [0, 0.05) is 17.9 Å². The van der Waals surface area contributed by atoms with Crippen molar-refractivity contribution in [3.8, 4) is 5.75 Å². The van der Waals surface area contributed by atoms with Crippen LogP contribution >= 0.6 is 15.9 Å². The summed E-state index contributed by atoms with van der Waals surface area (Å²) in [6, 6.07) is 8.39. The van der Waals surface area contributed by atoms with E-state index in [1.807, 2.05) is 13.0 Å². The normalized spacial score (nSPS) is 26.9. The smallest absolute Gasteiger partial charge is 0.127 e. The average molecular weight is 327 g/mol. The number of alkyl halides is 1. The Kier molecular flexibility index (Phi) is 4.57. The summed E-state index contributed by atoms with van der Waals surface area (Å²) < 4.78 is 11.8. The fourth-order valence-corrected chi connectivity index (χ4v) is 3.12. The maximum Gasteiger partial charge on any atom is 0.127 e. The number of ether oxygens (including phenoxy) is 2. The van der Waals surface area contributed by atoms with Crippen molar-refractivity contribution in [2.75, 3.05) is 6.61 Å². The molecule has 1 fully saturated rings. The van der Waals surface area contributed by atoms with Gasteiger partial charge >= 0.3 is 0 Å². The van der Waals surface area contributed by atoms with Gasteiger partial charge in [0.25, 0.3) is 0 Å². The van der Waals surface area contributed by atoms with Gasteiger partial charge in [-0.2, -0.15) is 0 Å². The molecule has 1 aliphatic rings. The van der Waals surface area contributed by atoms with E-state index in [0.717, 1.165) is 18.8 Å². The molecule has 0 amide bonds. The van der Waals surface area contributed by atoms with Crippen LogP contribution in [0.1, 0.15) is 39.7 Å². The lowest BCUT2D eigenvalue weighted by atomic mass is 9.87. The monoisotopic (exact) mass is 326 g/mol. The highest BCUT2D eigenvalue weighted by Crippen LogP contribution is 2.35. The lowest BCUT2D eigenvalue weighted by Crippen LogP contribution is -2.52. The maximum absolute atomic E-state index is 6.07. The van der Waals surface area contributed by atoms with Gasteiger partial charge in [-0.25, -0.2) is 0 Å². The zero-order chi connectivity index (χ0) is 14.0. The number of hydrogen-bond acceptors (Lipinski definition) is 2. The summed E-state index contributed by atoms with van der Waals surface area (Å²) in [5.74, 6) is 0.946. The first-order valence-electron chi connectivity index (χ1n) is 6.94. The predicted molar refractivity (Wildman–Crippen MR) is 82.3 cm³/mol. The van der Waals surface area contributed by atoms with Crippen LogP contribution in [0.4, 0.5) is 0 Å². The second kappa shape index (κ2) is 5.84. The summed E-state index contributed by atoms with van der Waals surface area (Å²) in [4.78, 5) is 0.420. The summed E-state index contributed by atoms with van der Waals surface area (Å²) >= 11 is 3.62. The molecule has 1 aromatic rings. The lowest BCUT2D eigenvalue weighted by molar-refractivity contribution is -0.0723. The van der Waals surface area contributed by atoms with Crippen LogP contribution in [0.3, 0.4) is 0 Å². The molecule has 0 aromatic heterocycles. The van der Waals surface area contributed by atoms with Crippen LogP contribution in [0.15, 0.2) is 24.3 Å². The third-order valence-corrected chi connectivity index (χ3v) is 4.42. The molecule has 1 aliphatic carbocycles. The molecule has 0 bridgehead atoms. The molecular weight excluding hydrogens is 304 g/mol. The minimum Gasteiger partial charge on any atom is -0.488 e. The van der Waals surface area contributed by atoms with Crippen molar-refractivity contribution >= 4 is 15.9 Å². The molecule has 106 valence electrons. The van der Waals surface area contributed by atoms with Gasteiger partial charge in [0.1, 0.15) is 18.0 Å². The lowest BCUT2D eigenvalue weighted by Gasteiger charge is -2.40. The van der Waals surface area contributed by atoms with E-state index >= 15 is 0 Å². The Hall–Kier alpha value is -0.540. The zero-order valence-corrected chi connectivity index (χ0v) is 13.7. The van der Waals surface area contributed by atoms with Gasteiger partial charge in [0.15, 0.2) is 0 Å². The Morgan fingerprint density at radius 3 is 2.63 bits per heavy atom. The van der Waals surface area contributed by atoms with Gasteiger partial charge in [0.2, 0.25) is 0 Å². The Bertz CT molecular complexity index is 425. The third-order valence-electron chi connectivity index (χ3n) is 3.53. The SMILES string of the molecule is CCOC1C(Br)CC1Oc1cccc(C(C)(C)C)c1. The Morgan fingerprint density at radius 2 is 2.05 bits per heavy atom. The Balaban J connectivity index is 2.04. The van der Waals surface area contributed by atoms with Gasteiger partial charge in [-0.05, 0) is 30.0 Å². The molecule has 0 saturated heterocycles. The summed E-state index contributed by atoms with van der Waals surface area (Å²) in [6.45, 7) is 9.40. The molecule has 0 spiro atoms. The van der Waals surface area contributed by atoms with Crippen molar-refractivity contribution in [2.24, 2.45) is 0 Å². The molecule has 3 atom stereocenters. The van der Waals surface area contributed by atoms with E-state index < -0.39 is 0 Å². The van der Waals surface area contributed by atoms with Gasteiger partial charge < -0.3 is 9.47 Å². The van der Waals surface area contributed by atoms with E-state index in [4.69, 9.17) is 9.47 Å². The fourth-order valence-electron chi connectivity index (χ4n) is 2.26. The highest BCUT2D eigenvalue weighted by atomic mass is 79.9. The number of rotatable bonds is 4.